The minimum Gasteiger partial charge on any atom is -0.744 e. The van der Waals surface area contributed by atoms with Crippen LogP contribution in [0.4, 0.5) is 11.4 Å². The summed E-state index contributed by atoms with van der Waals surface area (Å²) >= 11 is 0. The van der Waals surface area contributed by atoms with E-state index in [1.165, 1.54) is 37.8 Å². The fraction of sp³-hybridized carbons (Fsp3) is 0.571. The minimum absolute atomic E-state index is 0. The monoisotopic (exact) mass is 336 g/mol. The molecule has 7 heteroatoms. The number of benzene rings is 1. The Hall–Kier alpha value is 0.366. The molecule has 1 atom stereocenters. The number of unbranched alkanes of at least 4 members (excludes halogenated alkanes) is 4. The molecule has 0 aliphatic carbocycles. The van der Waals surface area contributed by atoms with Crippen molar-refractivity contribution in [2.24, 2.45) is 0 Å². The second-order valence-electron chi connectivity index (χ2n) is 5.21. The van der Waals surface area contributed by atoms with Crippen molar-refractivity contribution in [3.8, 4) is 0 Å². The summed E-state index contributed by atoms with van der Waals surface area (Å²) in [7, 11) is -4.39. The molecule has 5 nitrogen and oxygen atoms in total. The molecule has 0 radical (unpaired) electrons. The third kappa shape index (κ3) is 5.82. The smallest absolute Gasteiger partial charge is 0.744 e. The zero-order chi connectivity index (χ0) is 14.6. The van der Waals surface area contributed by atoms with Gasteiger partial charge in [-0.2, -0.15) is 0 Å². The molecule has 1 unspecified atom stereocenters. The largest absolute Gasteiger partial charge is 1.00 e. The zero-order valence-corrected chi connectivity index (χ0v) is 16.6. The van der Waals surface area contributed by atoms with Gasteiger partial charge < -0.3 is 15.2 Å². The molecule has 0 aromatic heterocycles. The van der Waals surface area contributed by atoms with Gasteiger partial charge in [0, 0.05) is 0 Å². The van der Waals surface area contributed by atoms with Crippen molar-refractivity contribution in [3.63, 3.8) is 0 Å². The predicted octanol–water partition coefficient (Wildman–Crippen LogP) is 0.119. The van der Waals surface area contributed by atoms with Gasteiger partial charge in [0.1, 0.15) is 10.1 Å². The number of hydrogen-bond acceptors (Lipinski definition) is 5. The second kappa shape index (κ2) is 8.86. The Bertz CT molecular complexity index is 563. The summed E-state index contributed by atoms with van der Waals surface area (Å²) in [4.78, 5) is -0.186. The van der Waals surface area contributed by atoms with Crippen molar-refractivity contribution in [2.45, 2.75) is 56.5 Å². The first-order valence-electron chi connectivity index (χ1n) is 7.13. The molecule has 1 aromatic rings. The van der Waals surface area contributed by atoms with Crippen LogP contribution in [0.25, 0.3) is 0 Å². The molecule has 1 aliphatic rings. The Morgan fingerprint density at radius 1 is 1.10 bits per heavy atom. The first-order chi connectivity index (χ1) is 9.50. The molecule has 0 amide bonds. The molecule has 2 N–H and O–H groups in total. The van der Waals surface area contributed by atoms with Crippen molar-refractivity contribution in [3.05, 3.63) is 18.2 Å². The van der Waals surface area contributed by atoms with Crippen LogP contribution in [0.1, 0.15) is 45.4 Å². The molecule has 0 saturated heterocycles. The zero-order valence-electron chi connectivity index (χ0n) is 12.7. The van der Waals surface area contributed by atoms with Gasteiger partial charge in [0.2, 0.25) is 0 Å². The number of rotatable bonds is 7. The average Bonchev–Trinajstić information content (AvgIpc) is 2.79. The van der Waals surface area contributed by atoms with Crippen LogP contribution < -0.4 is 62.0 Å². The van der Waals surface area contributed by atoms with Crippen molar-refractivity contribution < 1.29 is 64.4 Å². The maximum absolute atomic E-state index is 11.0. The summed E-state index contributed by atoms with van der Waals surface area (Å²) in [6.07, 6.45) is 7.22. The standard InChI is InChI=1S/C14H22N2O3S.K/c1-2-3-4-5-6-7-14-15-12-9-8-11(20(17,18)19)10-13(12)16-14;/h8-10,14-16H,2-7H2,1H3,(H,17,18,19);/q;+1/p-1. The fourth-order valence-electron chi connectivity index (χ4n) is 2.43. The van der Waals surface area contributed by atoms with E-state index in [0.29, 0.717) is 5.69 Å². The van der Waals surface area contributed by atoms with Crippen molar-refractivity contribution in [1.29, 1.82) is 0 Å². The quantitative estimate of drug-likeness (QED) is 0.420. The number of fused-ring (bicyclic) bond motifs is 1. The third-order valence-electron chi connectivity index (χ3n) is 3.54. The Morgan fingerprint density at radius 3 is 2.43 bits per heavy atom. The van der Waals surface area contributed by atoms with E-state index in [2.05, 4.69) is 17.6 Å². The van der Waals surface area contributed by atoms with Crippen LogP contribution >= 0.6 is 0 Å². The Morgan fingerprint density at radius 2 is 1.76 bits per heavy atom. The van der Waals surface area contributed by atoms with Gasteiger partial charge in [-0.25, -0.2) is 8.42 Å². The van der Waals surface area contributed by atoms with E-state index in [4.69, 9.17) is 0 Å². The van der Waals surface area contributed by atoms with Gasteiger partial charge in [-0.05, 0) is 31.0 Å². The fourth-order valence-corrected chi connectivity index (χ4v) is 2.93. The van der Waals surface area contributed by atoms with E-state index in [9.17, 15) is 13.0 Å². The molecule has 0 fully saturated rings. The predicted molar refractivity (Wildman–Crippen MR) is 78.8 cm³/mol. The Balaban J connectivity index is 0.00000220. The van der Waals surface area contributed by atoms with Crippen molar-refractivity contribution in [2.75, 3.05) is 10.6 Å². The van der Waals surface area contributed by atoms with E-state index in [-0.39, 0.29) is 62.4 Å². The minimum atomic E-state index is -4.39. The van der Waals surface area contributed by atoms with Gasteiger partial charge in [0.05, 0.1) is 22.4 Å². The maximum Gasteiger partial charge on any atom is 1.00 e. The van der Waals surface area contributed by atoms with E-state index < -0.39 is 10.1 Å². The van der Waals surface area contributed by atoms with Gasteiger partial charge in [0.25, 0.3) is 0 Å². The van der Waals surface area contributed by atoms with Crippen LogP contribution in [0.5, 0.6) is 0 Å². The van der Waals surface area contributed by atoms with E-state index >= 15 is 0 Å². The Kier molecular flexibility index (Phi) is 8.19. The van der Waals surface area contributed by atoms with Gasteiger partial charge in [-0.3, -0.25) is 0 Å². The van der Waals surface area contributed by atoms with Crippen LogP contribution in [0.3, 0.4) is 0 Å². The van der Waals surface area contributed by atoms with Gasteiger partial charge in [0.15, 0.2) is 0 Å². The normalized spacial score (nSPS) is 16.6. The molecular formula is C14H21KN2O3S. The molecule has 0 saturated carbocycles. The van der Waals surface area contributed by atoms with Crippen molar-refractivity contribution >= 4 is 21.5 Å². The summed E-state index contributed by atoms with van der Waals surface area (Å²) in [5.74, 6) is 0. The molecule has 112 valence electrons. The molecule has 0 spiro atoms. The number of nitrogens with one attached hydrogen (secondary N) is 2. The van der Waals surface area contributed by atoms with Crippen LogP contribution in [-0.4, -0.2) is 19.1 Å². The van der Waals surface area contributed by atoms with Gasteiger partial charge >= 0.3 is 51.4 Å². The molecule has 2 rings (SSSR count). The van der Waals surface area contributed by atoms with Crippen LogP contribution in [0.2, 0.25) is 0 Å². The van der Waals surface area contributed by atoms with E-state index in [1.54, 1.807) is 6.07 Å². The molecule has 0 bridgehead atoms. The molecule has 1 aliphatic heterocycles. The van der Waals surface area contributed by atoms with E-state index in [1.807, 2.05) is 0 Å². The van der Waals surface area contributed by atoms with Crippen molar-refractivity contribution in [1.82, 2.24) is 0 Å². The van der Waals surface area contributed by atoms with E-state index in [0.717, 1.165) is 18.5 Å². The molecular weight excluding hydrogens is 315 g/mol. The SMILES string of the molecule is CCCCCCCC1Nc2ccc(S(=O)(=O)[O-])cc2N1.[K+]. The van der Waals surface area contributed by atoms with Crippen LogP contribution in [-0.2, 0) is 10.1 Å². The van der Waals surface area contributed by atoms with Crippen LogP contribution in [0, 0.1) is 0 Å². The molecule has 1 aromatic carbocycles. The number of anilines is 2. The first-order valence-corrected chi connectivity index (χ1v) is 8.54. The first kappa shape index (κ1) is 19.4. The van der Waals surface area contributed by atoms with Crippen LogP contribution in [0.15, 0.2) is 23.1 Å². The van der Waals surface area contributed by atoms with Gasteiger partial charge in [-0.15, -0.1) is 0 Å². The summed E-state index contributed by atoms with van der Waals surface area (Å²) in [6, 6.07) is 4.39. The molecule has 21 heavy (non-hydrogen) atoms. The van der Waals surface area contributed by atoms with Gasteiger partial charge in [-0.1, -0.05) is 32.6 Å². The average molecular weight is 336 g/mol. The topological polar surface area (TPSA) is 81.3 Å². The third-order valence-corrected chi connectivity index (χ3v) is 4.37. The Labute approximate surface area is 169 Å². The molecule has 1 heterocycles. The summed E-state index contributed by atoms with van der Waals surface area (Å²) in [6.45, 7) is 2.19. The maximum atomic E-state index is 11.0. The summed E-state index contributed by atoms with van der Waals surface area (Å²) < 4.78 is 32.9. The summed E-state index contributed by atoms with van der Waals surface area (Å²) in [5.41, 5.74) is 1.55. The second-order valence-corrected chi connectivity index (χ2v) is 6.59. The number of hydrogen-bond donors (Lipinski definition) is 2. The summed E-state index contributed by atoms with van der Waals surface area (Å²) in [5, 5.41) is 6.52.